The molecule has 1 aliphatic rings. The molecule has 43 heavy (non-hydrogen) atoms. The lowest BCUT2D eigenvalue weighted by molar-refractivity contribution is -0.495. The van der Waals surface area contributed by atoms with Crippen molar-refractivity contribution in [3.8, 4) is 17.8 Å². The summed E-state index contributed by atoms with van der Waals surface area (Å²) < 4.78 is 9.40. The predicted octanol–water partition coefficient (Wildman–Crippen LogP) is 3.98. The molecule has 212 valence electrons. The Labute approximate surface area is 246 Å². The summed E-state index contributed by atoms with van der Waals surface area (Å²) in [6.45, 7) is 1.85. The lowest BCUT2D eigenvalue weighted by atomic mass is 10.2. The Balaban J connectivity index is 1.38. The van der Waals surface area contributed by atoms with Crippen LogP contribution in [0.15, 0.2) is 89.7 Å². The molecule has 3 aromatic carbocycles. The number of rotatable bonds is 7. The molecule has 0 aliphatic carbocycles. The molecule has 1 unspecified atom stereocenters. The lowest BCUT2D eigenvalue weighted by Crippen LogP contribution is -2.39. The molecular weight excluding hydrogens is 546 g/mol. The Morgan fingerprint density at radius 1 is 0.930 bits per heavy atom. The molecule has 2 aromatic heterocycles. The topological polar surface area (TPSA) is 141 Å². The first-order valence-electron chi connectivity index (χ1n) is 13.3. The number of para-hydroxylation sites is 2. The Kier molecular flexibility index (Phi) is 6.97. The highest BCUT2D eigenvalue weighted by Gasteiger charge is 2.45. The molecule has 12 heteroatoms. The van der Waals surface area contributed by atoms with E-state index in [1.807, 2.05) is 68.6 Å². The number of fused-ring (bicyclic) bond motifs is 1. The highest BCUT2D eigenvalue weighted by Crippen LogP contribution is 2.28. The van der Waals surface area contributed by atoms with Gasteiger partial charge in [-0.15, -0.1) is 4.68 Å². The van der Waals surface area contributed by atoms with Crippen LogP contribution in [0.3, 0.4) is 0 Å². The van der Waals surface area contributed by atoms with E-state index < -0.39 is 6.04 Å². The monoisotopic (exact) mass is 572 g/mol. The third-order valence-electron chi connectivity index (χ3n) is 7.16. The molecule has 0 saturated heterocycles. The molecule has 1 atom stereocenters. The van der Waals surface area contributed by atoms with Gasteiger partial charge in [0.15, 0.2) is 13.1 Å². The second-order valence-electron chi connectivity index (χ2n) is 9.83. The maximum Gasteiger partial charge on any atom is 0.328 e. The van der Waals surface area contributed by atoms with Gasteiger partial charge in [-0.1, -0.05) is 35.3 Å². The number of carbonyl (C=O) groups is 1. The van der Waals surface area contributed by atoms with E-state index in [4.69, 9.17) is 10.00 Å². The zero-order valence-corrected chi connectivity index (χ0v) is 23.5. The van der Waals surface area contributed by atoms with Crippen molar-refractivity contribution in [2.24, 2.45) is 7.05 Å². The van der Waals surface area contributed by atoms with Crippen LogP contribution in [0.25, 0.3) is 10.9 Å². The first-order chi connectivity index (χ1) is 20.8. The molecular formula is C31H26N9O3+. The number of nitriles is 1. The van der Waals surface area contributed by atoms with Gasteiger partial charge in [-0.05, 0) is 48.5 Å². The number of pyridine rings is 1. The number of amides is 1. The van der Waals surface area contributed by atoms with E-state index in [0.29, 0.717) is 22.2 Å². The van der Waals surface area contributed by atoms with Gasteiger partial charge in [-0.2, -0.15) is 20.2 Å². The third kappa shape index (κ3) is 5.22. The van der Waals surface area contributed by atoms with Gasteiger partial charge in [0.25, 0.3) is 5.56 Å². The minimum atomic E-state index is -0.770. The summed E-state index contributed by atoms with van der Waals surface area (Å²) in [5.41, 5.74) is 3.00. The van der Waals surface area contributed by atoms with Gasteiger partial charge in [-0.3, -0.25) is 9.59 Å². The van der Waals surface area contributed by atoms with Crippen molar-refractivity contribution in [3.05, 3.63) is 101 Å². The van der Waals surface area contributed by atoms with Crippen molar-refractivity contribution in [1.82, 2.24) is 19.5 Å². The molecule has 1 amide bonds. The molecule has 5 aromatic rings. The number of hydrazine groups is 1. The van der Waals surface area contributed by atoms with Crippen LogP contribution in [0.1, 0.15) is 12.5 Å². The molecule has 2 N–H and O–H groups in total. The van der Waals surface area contributed by atoms with Crippen LogP contribution in [0.2, 0.25) is 0 Å². The summed E-state index contributed by atoms with van der Waals surface area (Å²) >= 11 is 0. The molecule has 0 saturated carbocycles. The van der Waals surface area contributed by atoms with Crippen molar-refractivity contribution in [2.75, 3.05) is 22.7 Å². The summed E-state index contributed by atoms with van der Waals surface area (Å²) in [6.07, 6.45) is 0. The van der Waals surface area contributed by atoms with E-state index in [9.17, 15) is 9.59 Å². The summed E-state index contributed by atoms with van der Waals surface area (Å²) in [4.78, 5) is 39.7. The first kappa shape index (κ1) is 27.1. The van der Waals surface area contributed by atoms with E-state index in [2.05, 4.69) is 31.7 Å². The second-order valence-corrected chi connectivity index (χ2v) is 9.83. The molecule has 6 rings (SSSR count). The van der Waals surface area contributed by atoms with Crippen LogP contribution < -0.4 is 25.9 Å². The smallest absolute Gasteiger partial charge is 0.328 e. The molecule has 3 heterocycles. The fourth-order valence-electron chi connectivity index (χ4n) is 4.80. The van der Waals surface area contributed by atoms with Gasteiger partial charge in [0.2, 0.25) is 17.6 Å². The van der Waals surface area contributed by atoms with E-state index in [1.54, 1.807) is 41.0 Å². The van der Waals surface area contributed by atoms with Crippen LogP contribution in [0.4, 0.5) is 23.3 Å². The average molecular weight is 573 g/mol. The Morgan fingerprint density at radius 3 is 2.37 bits per heavy atom. The highest BCUT2D eigenvalue weighted by atomic mass is 16.5. The van der Waals surface area contributed by atoms with Gasteiger partial charge < -0.3 is 19.9 Å². The van der Waals surface area contributed by atoms with Gasteiger partial charge in [0.1, 0.15) is 11.4 Å². The lowest BCUT2D eigenvalue weighted by Gasteiger charge is -2.14. The van der Waals surface area contributed by atoms with Crippen molar-refractivity contribution >= 4 is 45.8 Å². The molecule has 12 nitrogen and oxygen atoms in total. The molecule has 0 radical (unpaired) electrons. The maximum atomic E-state index is 13.6. The highest BCUT2D eigenvalue weighted by molar-refractivity contribution is 6.15. The zero-order chi connectivity index (χ0) is 30.1. The number of aryl methyl sites for hydroxylation is 1. The number of hydrazone groups is 1. The van der Waals surface area contributed by atoms with Gasteiger partial charge in [0.05, 0.1) is 17.1 Å². The zero-order valence-electron chi connectivity index (χ0n) is 23.5. The molecule has 0 fully saturated rings. The average Bonchev–Trinajstić information content (AvgIpc) is 3.23. The molecule has 1 aliphatic heterocycles. The number of nitrogens with zero attached hydrogens (tertiary/aromatic N) is 7. The third-order valence-corrected chi connectivity index (χ3v) is 7.16. The van der Waals surface area contributed by atoms with Crippen molar-refractivity contribution in [1.29, 1.82) is 5.26 Å². The molecule has 0 spiro atoms. The van der Waals surface area contributed by atoms with Gasteiger partial charge in [-0.25, -0.2) is 0 Å². The van der Waals surface area contributed by atoms with E-state index >= 15 is 0 Å². The van der Waals surface area contributed by atoms with Crippen LogP contribution >= 0.6 is 0 Å². The van der Waals surface area contributed by atoms with E-state index in [1.165, 1.54) is 10.6 Å². The number of anilines is 4. The summed E-state index contributed by atoms with van der Waals surface area (Å²) in [7, 11) is 3.50. The Bertz CT molecular complexity index is 2000. The maximum absolute atomic E-state index is 13.6. The Hall–Kier alpha value is -6.09. The Morgan fingerprint density at radius 2 is 1.63 bits per heavy atom. The SMILES string of the molecule is CC1=[N+](C)N(c2ccccc2)C(=O)C1Nc1nc(Nc2ccc(C#N)cc2)nc(Oc2cc(=O)n(C)c3ccccc23)n1. The number of ether oxygens (including phenoxy) is 1. The van der Waals surface area contributed by atoms with Gasteiger partial charge in [0, 0.05) is 31.1 Å². The minimum Gasteiger partial charge on any atom is -0.423 e. The normalized spacial score (nSPS) is 14.6. The standard InChI is InChI=1S/C31H26N9O3/c1-19-27(28(42)40(39(19)3)22-9-5-4-6-10-22)34-30-35-29(33-21-15-13-20(18-32)14-16-21)36-31(37-30)43-25-17-26(41)38(2)24-12-8-7-11-23(24)25/h4-17,27H,1-3H3,(H2,33,34,35,36,37)/q+1. The minimum absolute atomic E-state index is 0.0790. The van der Waals surface area contributed by atoms with Crippen molar-refractivity contribution in [2.45, 2.75) is 13.0 Å². The number of hydrogen-bond acceptors (Lipinski definition) is 9. The molecule has 0 bridgehead atoms. The second kappa shape index (κ2) is 11.1. The number of nitrogens with one attached hydrogen (secondary N) is 2. The van der Waals surface area contributed by atoms with Crippen molar-refractivity contribution in [3.63, 3.8) is 0 Å². The summed E-state index contributed by atoms with van der Waals surface area (Å²) in [5.74, 6) is 0.264. The van der Waals surface area contributed by atoms with Crippen LogP contribution in [0, 0.1) is 11.3 Å². The van der Waals surface area contributed by atoms with Gasteiger partial charge >= 0.3 is 11.9 Å². The van der Waals surface area contributed by atoms with Crippen molar-refractivity contribution < 1.29 is 14.2 Å². The number of aromatic nitrogens is 4. The fraction of sp³-hybridized carbons (Fsp3) is 0.129. The van der Waals surface area contributed by atoms with E-state index in [0.717, 1.165) is 11.4 Å². The quantitative estimate of drug-likeness (QED) is 0.277. The van der Waals surface area contributed by atoms with Crippen LogP contribution in [-0.4, -0.2) is 48.9 Å². The number of carbonyl (C=O) groups excluding carboxylic acids is 1. The largest absolute Gasteiger partial charge is 0.423 e. The van der Waals surface area contributed by atoms with E-state index in [-0.39, 0.29) is 35.1 Å². The number of hydrogen-bond donors (Lipinski definition) is 2. The predicted molar refractivity (Wildman–Crippen MR) is 162 cm³/mol. The van der Waals surface area contributed by atoms with Crippen LogP contribution in [-0.2, 0) is 11.8 Å². The summed E-state index contributed by atoms with van der Waals surface area (Å²) in [6, 6.07) is 26.0. The first-order valence-corrected chi connectivity index (χ1v) is 13.3. The summed E-state index contributed by atoms with van der Waals surface area (Å²) in [5, 5.41) is 17.6. The van der Waals surface area contributed by atoms with Crippen LogP contribution in [0.5, 0.6) is 11.8 Å². The fourth-order valence-corrected chi connectivity index (χ4v) is 4.80. The number of benzene rings is 3.